The smallest absolute Gasteiger partial charge is 0.227 e. The highest BCUT2D eigenvalue weighted by molar-refractivity contribution is 5.86. The number of aromatic nitrogens is 1. The number of fused-ring (bicyclic) bond motifs is 1. The van der Waals surface area contributed by atoms with Crippen LogP contribution < -0.4 is 5.32 Å². The Kier molecular flexibility index (Phi) is 4.24. The molecule has 1 N–H and O–H groups in total. The van der Waals surface area contributed by atoms with E-state index in [-0.39, 0.29) is 24.2 Å². The van der Waals surface area contributed by atoms with Gasteiger partial charge in [-0.15, -0.1) is 0 Å². The molecule has 3 rings (SSSR count). The Morgan fingerprint density at radius 3 is 3.04 bits per heavy atom. The van der Waals surface area contributed by atoms with E-state index < -0.39 is 0 Å². The summed E-state index contributed by atoms with van der Waals surface area (Å²) in [5, 5.41) is 2.85. The number of carbonyl (C=O) groups is 1. The second-order valence-corrected chi connectivity index (χ2v) is 5.95. The predicted molar refractivity (Wildman–Crippen MR) is 88.2 cm³/mol. The molecule has 0 aliphatic heterocycles. The van der Waals surface area contributed by atoms with Gasteiger partial charge in [0.25, 0.3) is 0 Å². The minimum atomic E-state index is -0.288. The molecule has 0 saturated carbocycles. The number of pyridine rings is 1. The van der Waals surface area contributed by atoms with Gasteiger partial charge in [-0.25, -0.2) is 4.39 Å². The van der Waals surface area contributed by atoms with E-state index >= 15 is 0 Å². The van der Waals surface area contributed by atoms with Crippen LogP contribution in [-0.2, 0) is 11.3 Å². The van der Waals surface area contributed by atoms with Crippen molar-refractivity contribution in [3.8, 4) is 0 Å². The molecule has 0 bridgehead atoms. The molecule has 2 aromatic rings. The maximum atomic E-state index is 13.9. The van der Waals surface area contributed by atoms with Gasteiger partial charge < -0.3 is 5.32 Å². The fraction of sp³-hybridized carbons (Fsp3) is 0.263. The zero-order chi connectivity index (χ0) is 16.4. The van der Waals surface area contributed by atoms with Crippen LogP contribution in [0.15, 0.2) is 43.1 Å². The molecule has 1 unspecified atom stereocenters. The summed E-state index contributed by atoms with van der Waals surface area (Å²) in [6.07, 6.45) is 3.17. The Morgan fingerprint density at radius 1 is 1.43 bits per heavy atom. The zero-order valence-electron chi connectivity index (χ0n) is 13.1. The lowest BCUT2D eigenvalue weighted by molar-refractivity contribution is -0.122. The van der Waals surface area contributed by atoms with E-state index in [0.29, 0.717) is 12.0 Å². The molecule has 0 fully saturated rings. The van der Waals surface area contributed by atoms with Gasteiger partial charge in [0, 0.05) is 18.3 Å². The van der Waals surface area contributed by atoms with Crippen molar-refractivity contribution in [2.75, 3.05) is 0 Å². The number of carbonyl (C=O) groups excluding carboxylic acids is 1. The van der Waals surface area contributed by atoms with Gasteiger partial charge in [0.15, 0.2) is 0 Å². The number of nitrogens with one attached hydrogen (secondary N) is 1. The van der Waals surface area contributed by atoms with Gasteiger partial charge in [-0.05, 0) is 48.6 Å². The number of halogens is 1. The van der Waals surface area contributed by atoms with E-state index in [1.54, 1.807) is 12.3 Å². The van der Waals surface area contributed by atoms with Gasteiger partial charge in [-0.3, -0.25) is 9.78 Å². The van der Waals surface area contributed by atoms with Gasteiger partial charge in [-0.1, -0.05) is 24.8 Å². The molecule has 23 heavy (non-hydrogen) atoms. The third-order valence-corrected chi connectivity index (χ3v) is 4.26. The van der Waals surface area contributed by atoms with E-state index in [1.165, 1.54) is 6.07 Å². The molecule has 1 aromatic heterocycles. The first-order valence-corrected chi connectivity index (χ1v) is 7.72. The van der Waals surface area contributed by atoms with Crippen molar-refractivity contribution in [2.45, 2.75) is 32.2 Å². The van der Waals surface area contributed by atoms with Crippen molar-refractivity contribution in [1.29, 1.82) is 0 Å². The molecular formula is C19H19FN2O. The van der Waals surface area contributed by atoms with Crippen molar-refractivity contribution in [3.05, 3.63) is 71.3 Å². The highest BCUT2D eigenvalue weighted by Crippen LogP contribution is 2.36. The topological polar surface area (TPSA) is 42.0 Å². The van der Waals surface area contributed by atoms with Gasteiger partial charge >= 0.3 is 0 Å². The molecule has 0 spiro atoms. The van der Waals surface area contributed by atoms with Crippen LogP contribution in [-0.4, -0.2) is 10.9 Å². The Bertz CT molecular complexity index is 770. The minimum absolute atomic E-state index is 0.0910. The van der Waals surface area contributed by atoms with E-state index in [9.17, 15) is 9.18 Å². The third-order valence-electron chi connectivity index (χ3n) is 4.26. The number of benzene rings is 1. The maximum absolute atomic E-state index is 13.9. The predicted octanol–water partition coefficient (Wildman–Crippen LogP) is 3.74. The number of amides is 1. The first-order chi connectivity index (χ1) is 11.1. The Labute approximate surface area is 135 Å². The van der Waals surface area contributed by atoms with E-state index in [1.807, 2.05) is 25.1 Å². The molecule has 3 nitrogen and oxygen atoms in total. The molecule has 0 radical (unpaired) electrons. The SMILES string of the molecule is C=C1CCC(C(=O)NCc2ccc(C)cc2F)c2cccnc21. The summed E-state index contributed by atoms with van der Waals surface area (Å²) in [5.41, 5.74) is 4.05. The quantitative estimate of drug-likeness (QED) is 0.938. The summed E-state index contributed by atoms with van der Waals surface area (Å²) >= 11 is 0. The standard InChI is InChI=1S/C19H19FN2O/c1-12-5-7-14(17(20)10-12)11-22-19(23)16-8-6-13(2)18-15(16)4-3-9-21-18/h3-5,7,9-10,16H,2,6,8,11H2,1H3,(H,22,23). The fourth-order valence-electron chi connectivity index (χ4n) is 2.96. The number of hydrogen-bond acceptors (Lipinski definition) is 2. The second kappa shape index (κ2) is 6.32. The van der Waals surface area contributed by atoms with Crippen molar-refractivity contribution in [1.82, 2.24) is 10.3 Å². The summed E-state index contributed by atoms with van der Waals surface area (Å²) in [6, 6.07) is 8.78. The lowest BCUT2D eigenvalue weighted by Crippen LogP contribution is -2.31. The lowest BCUT2D eigenvalue weighted by Gasteiger charge is -2.25. The summed E-state index contributed by atoms with van der Waals surface area (Å²) in [6.45, 7) is 6.05. The van der Waals surface area contributed by atoms with Crippen LogP contribution in [0, 0.1) is 12.7 Å². The monoisotopic (exact) mass is 310 g/mol. The van der Waals surface area contributed by atoms with Crippen molar-refractivity contribution in [2.24, 2.45) is 0 Å². The molecule has 1 aliphatic rings. The lowest BCUT2D eigenvalue weighted by atomic mass is 9.83. The van der Waals surface area contributed by atoms with E-state index in [0.717, 1.165) is 28.8 Å². The van der Waals surface area contributed by atoms with E-state index in [4.69, 9.17) is 0 Å². The van der Waals surface area contributed by atoms with Crippen molar-refractivity contribution >= 4 is 11.5 Å². The van der Waals surface area contributed by atoms with Crippen LogP contribution in [0.1, 0.15) is 41.1 Å². The number of rotatable bonds is 3. The Hall–Kier alpha value is -2.49. The van der Waals surface area contributed by atoms with Crippen molar-refractivity contribution in [3.63, 3.8) is 0 Å². The summed E-state index contributed by atoms with van der Waals surface area (Å²) in [7, 11) is 0. The number of aryl methyl sites for hydroxylation is 1. The molecular weight excluding hydrogens is 291 g/mol. The number of nitrogens with zero attached hydrogens (tertiary/aromatic N) is 1. The van der Waals surface area contributed by atoms with Gasteiger partial charge in [0.1, 0.15) is 5.82 Å². The zero-order valence-corrected chi connectivity index (χ0v) is 13.1. The highest BCUT2D eigenvalue weighted by Gasteiger charge is 2.28. The maximum Gasteiger partial charge on any atom is 0.227 e. The number of hydrogen-bond donors (Lipinski definition) is 1. The van der Waals surface area contributed by atoms with Gasteiger partial charge in [0.05, 0.1) is 11.6 Å². The van der Waals surface area contributed by atoms with Crippen LogP contribution >= 0.6 is 0 Å². The molecule has 1 heterocycles. The third kappa shape index (κ3) is 3.16. The Morgan fingerprint density at radius 2 is 2.26 bits per heavy atom. The largest absolute Gasteiger partial charge is 0.351 e. The van der Waals surface area contributed by atoms with Crippen molar-refractivity contribution < 1.29 is 9.18 Å². The van der Waals surface area contributed by atoms with Crippen LogP contribution in [0.3, 0.4) is 0 Å². The number of allylic oxidation sites excluding steroid dienone is 1. The normalized spacial score (nSPS) is 16.8. The molecule has 0 saturated heterocycles. The average molecular weight is 310 g/mol. The van der Waals surface area contributed by atoms with Gasteiger partial charge in [-0.2, -0.15) is 0 Å². The Balaban J connectivity index is 1.74. The summed E-state index contributed by atoms with van der Waals surface area (Å²) < 4.78 is 13.9. The molecule has 4 heteroatoms. The summed E-state index contributed by atoms with van der Waals surface area (Å²) in [4.78, 5) is 16.9. The van der Waals surface area contributed by atoms with Crippen LogP contribution in [0.2, 0.25) is 0 Å². The molecule has 1 aliphatic carbocycles. The molecule has 1 aromatic carbocycles. The summed E-state index contributed by atoms with van der Waals surface area (Å²) in [5.74, 6) is -0.631. The highest BCUT2D eigenvalue weighted by atomic mass is 19.1. The molecule has 118 valence electrons. The first kappa shape index (κ1) is 15.4. The average Bonchev–Trinajstić information content (AvgIpc) is 2.54. The molecule has 1 atom stereocenters. The van der Waals surface area contributed by atoms with E-state index in [2.05, 4.69) is 16.9 Å². The minimum Gasteiger partial charge on any atom is -0.351 e. The van der Waals surface area contributed by atoms with Crippen LogP contribution in [0.5, 0.6) is 0 Å². The van der Waals surface area contributed by atoms with Crippen LogP contribution in [0.25, 0.3) is 5.57 Å². The fourth-order valence-corrected chi connectivity index (χ4v) is 2.96. The molecule has 1 amide bonds. The van der Waals surface area contributed by atoms with Crippen LogP contribution in [0.4, 0.5) is 4.39 Å². The first-order valence-electron chi connectivity index (χ1n) is 7.72. The second-order valence-electron chi connectivity index (χ2n) is 5.95. The van der Waals surface area contributed by atoms with Gasteiger partial charge in [0.2, 0.25) is 5.91 Å².